The summed E-state index contributed by atoms with van der Waals surface area (Å²) in [5.74, 6) is -1.10. The standard InChI is InChI=1S/C11H20O4/c1-5-13-9(12)6-11(4)14-7-10(2,3)8-15-11/h5-8H2,1-4H3. The fourth-order valence-electron chi connectivity index (χ4n) is 1.36. The first-order chi connectivity index (χ1) is 6.87. The molecule has 0 saturated carbocycles. The Morgan fingerprint density at radius 1 is 1.27 bits per heavy atom. The molecule has 1 aliphatic heterocycles. The number of rotatable bonds is 3. The van der Waals surface area contributed by atoms with Crippen molar-refractivity contribution in [2.45, 2.75) is 39.9 Å². The molecule has 0 bridgehead atoms. The van der Waals surface area contributed by atoms with Crippen LogP contribution in [0.4, 0.5) is 0 Å². The highest BCUT2D eigenvalue weighted by atomic mass is 16.7. The Labute approximate surface area is 90.9 Å². The van der Waals surface area contributed by atoms with Crippen LogP contribution in [0.5, 0.6) is 0 Å². The third-order valence-electron chi connectivity index (χ3n) is 2.31. The van der Waals surface area contributed by atoms with Gasteiger partial charge in [-0.15, -0.1) is 0 Å². The molecule has 0 aromatic heterocycles. The Hall–Kier alpha value is -0.610. The maximum Gasteiger partial charge on any atom is 0.311 e. The maximum atomic E-state index is 11.3. The second-order valence-corrected chi connectivity index (χ2v) is 4.86. The zero-order valence-electron chi connectivity index (χ0n) is 9.96. The molecule has 1 saturated heterocycles. The fraction of sp³-hybridized carbons (Fsp3) is 0.909. The van der Waals surface area contributed by atoms with Gasteiger partial charge in [-0.2, -0.15) is 0 Å². The van der Waals surface area contributed by atoms with Gasteiger partial charge in [0.05, 0.1) is 26.2 Å². The largest absolute Gasteiger partial charge is 0.466 e. The Morgan fingerprint density at radius 3 is 2.27 bits per heavy atom. The van der Waals surface area contributed by atoms with Crippen LogP contribution in [-0.4, -0.2) is 31.6 Å². The molecule has 0 atom stereocenters. The van der Waals surface area contributed by atoms with E-state index in [-0.39, 0.29) is 17.8 Å². The lowest BCUT2D eigenvalue weighted by Gasteiger charge is -2.40. The van der Waals surface area contributed by atoms with Crippen molar-refractivity contribution in [3.05, 3.63) is 0 Å². The summed E-state index contributed by atoms with van der Waals surface area (Å²) in [5, 5.41) is 0. The van der Waals surface area contributed by atoms with E-state index in [0.717, 1.165) is 0 Å². The summed E-state index contributed by atoms with van der Waals surface area (Å²) in [7, 11) is 0. The first kappa shape index (κ1) is 12.5. The first-order valence-corrected chi connectivity index (χ1v) is 5.30. The van der Waals surface area contributed by atoms with Crippen LogP contribution in [0.1, 0.15) is 34.1 Å². The molecule has 4 heteroatoms. The second-order valence-electron chi connectivity index (χ2n) is 4.86. The first-order valence-electron chi connectivity index (χ1n) is 5.30. The van der Waals surface area contributed by atoms with Gasteiger partial charge in [-0.3, -0.25) is 4.79 Å². The molecule has 0 N–H and O–H groups in total. The molecule has 0 aromatic rings. The summed E-state index contributed by atoms with van der Waals surface area (Å²) < 4.78 is 16.0. The van der Waals surface area contributed by atoms with Crippen LogP contribution in [0.2, 0.25) is 0 Å². The Kier molecular flexibility index (Phi) is 3.73. The fourth-order valence-corrected chi connectivity index (χ4v) is 1.36. The van der Waals surface area contributed by atoms with Crippen LogP contribution >= 0.6 is 0 Å². The zero-order valence-corrected chi connectivity index (χ0v) is 9.96. The van der Waals surface area contributed by atoms with Crippen LogP contribution < -0.4 is 0 Å². The van der Waals surface area contributed by atoms with Crippen molar-refractivity contribution in [1.82, 2.24) is 0 Å². The van der Waals surface area contributed by atoms with E-state index in [1.54, 1.807) is 13.8 Å². The molecule has 1 rings (SSSR count). The minimum atomic E-state index is -0.818. The molecular formula is C11H20O4. The molecule has 0 amide bonds. The second kappa shape index (κ2) is 4.49. The molecule has 4 nitrogen and oxygen atoms in total. The van der Waals surface area contributed by atoms with E-state index in [2.05, 4.69) is 13.8 Å². The molecule has 0 aromatic carbocycles. The molecule has 0 spiro atoms. The number of carbonyl (C=O) groups is 1. The van der Waals surface area contributed by atoms with Crippen molar-refractivity contribution in [3.63, 3.8) is 0 Å². The van der Waals surface area contributed by atoms with Crippen LogP contribution in [0.15, 0.2) is 0 Å². The van der Waals surface area contributed by atoms with E-state index in [0.29, 0.717) is 19.8 Å². The topological polar surface area (TPSA) is 44.8 Å². The van der Waals surface area contributed by atoms with Crippen molar-refractivity contribution in [3.8, 4) is 0 Å². The van der Waals surface area contributed by atoms with Crippen LogP contribution in [0, 0.1) is 5.41 Å². The highest BCUT2D eigenvalue weighted by Gasteiger charge is 2.38. The van der Waals surface area contributed by atoms with Gasteiger partial charge >= 0.3 is 5.97 Å². The lowest BCUT2D eigenvalue weighted by atomic mass is 9.94. The monoisotopic (exact) mass is 216 g/mol. The molecule has 1 heterocycles. The van der Waals surface area contributed by atoms with Crippen molar-refractivity contribution < 1.29 is 19.0 Å². The van der Waals surface area contributed by atoms with Gasteiger partial charge in [-0.1, -0.05) is 13.8 Å². The third kappa shape index (κ3) is 3.80. The molecule has 0 aliphatic carbocycles. The summed E-state index contributed by atoms with van der Waals surface area (Å²) in [4.78, 5) is 11.3. The molecule has 0 unspecified atom stereocenters. The summed E-state index contributed by atoms with van der Waals surface area (Å²) in [6, 6.07) is 0. The van der Waals surface area contributed by atoms with Crippen LogP contribution in [-0.2, 0) is 19.0 Å². The molecule has 0 radical (unpaired) electrons. The van der Waals surface area contributed by atoms with Gasteiger partial charge in [-0.05, 0) is 13.8 Å². The van der Waals surface area contributed by atoms with E-state index >= 15 is 0 Å². The predicted molar refractivity (Wildman–Crippen MR) is 55.3 cm³/mol. The predicted octanol–water partition coefficient (Wildman–Crippen LogP) is 1.73. The van der Waals surface area contributed by atoms with Gasteiger partial charge in [0.2, 0.25) is 0 Å². The smallest absolute Gasteiger partial charge is 0.311 e. The molecule has 1 fully saturated rings. The molecule has 1 aliphatic rings. The van der Waals surface area contributed by atoms with Gasteiger partial charge in [0, 0.05) is 5.41 Å². The lowest BCUT2D eigenvalue weighted by molar-refractivity contribution is -0.290. The van der Waals surface area contributed by atoms with Gasteiger partial charge in [0.25, 0.3) is 0 Å². The zero-order chi connectivity index (χ0) is 11.5. The minimum absolute atomic E-state index is 0.0220. The Bertz CT molecular complexity index is 225. The highest BCUT2D eigenvalue weighted by Crippen LogP contribution is 2.31. The average Bonchev–Trinajstić information content (AvgIpc) is 2.12. The van der Waals surface area contributed by atoms with Crippen molar-refractivity contribution in [2.75, 3.05) is 19.8 Å². The van der Waals surface area contributed by atoms with Crippen molar-refractivity contribution in [1.29, 1.82) is 0 Å². The number of esters is 1. The number of hydrogen-bond donors (Lipinski definition) is 0. The summed E-state index contributed by atoms with van der Waals surface area (Å²) in [6.07, 6.45) is 0.150. The average molecular weight is 216 g/mol. The Morgan fingerprint density at radius 2 is 1.80 bits per heavy atom. The van der Waals surface area contributed by atoms with Crippen LogP contribution in [0.25, 0.3) is 0 Å². The SMILES string of the molecule is CCOC(=O)CC1(C)OCC(C)(C)CO1. The van der Waals surface area contributed by atoms with E-state index in [1.165, 1.54) is 0 Å². The third-order valence-corrected chi connectivity index (χ3v) is 2.31. The maximum absolute atomic E-state index is 11.3. The molecule has 88 valence electrons. The van der Waals surface area contributed by atoms with Crippen molar-refractivity contribution in [2.24, 2.45) is 5.41 Å². The van der Waals surface area contributed by atoms with Crippen molar-refractivity contribution >= 4 is 5.97 Å². The number of ether oxygens (including phenoxy) is 3. The van der Waals surface area contributed by atoms with E-state index in [4.69, 9.17) is 14.2 Å². The van der Waals surface area contributed by atoms with Gasteiger partial charge < -0.3 is 14.2 Å². The summed E-state index contributed by atoms with van der Waals surface area (Å²) in [6.45, 7) is 9.28. The normalized spacial score (nSPS) is 23.5. The summed E-state index contributed by atoms with van der Waals surface area (Å²) in [5.41, 5.74) is 0.0220. The number of hydrogen-bond acceptors (Lipinski definition) is 4. The minimum Gasteiger partial charge on any atom is -0.466 e. The van der Waals surface area contributed by atoms with E-state index < -0.39 is 5.79 Å². The molecular weight excluding hydrogens is 196 g/mol. The van der Waals surface area contributed by atoms with Gasteiger partial charge in [0.15, 0.2) is 5.79 Å². The van der Waals surface area contributed by atoms with E-state index in [1.807, 2.05) is 0 Å². The number of carbonyl (C=O) groups excluding carboxylic acids is 1. The quantitative estimate of drug-likeness (QED) is 0.674. The van der Waals surface area contributed by atoms with Crippen LogP contribution in [0.3, 0.4) is 0 Å². The lowest BCUT2D eigenvalue weighted by Crippen LogP contribution is -2.46. The summed E-state index contributed by atoms with van der Waals surface area (Å²) >= 11 is 0. The highest BCUT2D eigenvalue weighted by molar-refractivity contribution is 5.70. The van der Waals surface area contributed by atoms with Gasteiger partial charge in [-0.25, -0.2) is 0 Å². The Balaban J connectivity index is 2.44. The molecule has 15 heavy (non-hydrogen) atoms. The van der Waals surface area contributed by atoms with Gasteiger partial charge in [0.1, 0.15) is 0 Å². The van der Waals surface area contributed by atoms with E-state index in [9.17, 15) is 4.79 Å².